The number of alkyl carbamates (subject to hydrolysis) is 1. The Balaban J connectivity index is 2.37. The quantitative estimate of drug-likeness (QED) is 0.816. The van der Waals surface area contributed by atoms with Crippen LogP contribution in [0.5, 0.6) is 0 Å². The Hall–Kier alpha value is -1.89. The molecule has 1 aromatic rings. The van der Waals surface area contributed by atoms with Crippen LogP contribution < -0.4 is 5.32 Å². The van der Waals surface area contributed by atoms with E-state index in [-0.39, 0.29) is 4.88 Å². The fourth-order valence-electron chi connectivity index (χ4n) is 1.44. The molecule has 0 bridgehead atoms. The fourth-order valence-corrected chi connectivity index (χ4v) is 2.28. The third kappa shape index (κ3) is 6.40. The summed E-state index contributed by atoms with van der Waals surface area (Å²) in [5.41, 5.74) is 0.00463. The molecule has 1 rings (SSSR count). The number of nitrogens with zero attached hydrogens (tertiary/aromatic N) is 1. The van der Waals surface area contributed by atoms with E-state index in [1.165, 1.54) is 0 Å². The molecule has 1 aromatic heterocycles. The highest BCUT2D eigenvalue weighted by Crippen LogP contribution is 2.19. The van der Waals surface area contributed by atoms with E-state index in [0.717, 1.165) is 11.3 Å². The number of hydrogen-bond acceptors (Lipinski definition) is 5. The Morgan fingerprint density at radius 3 is 2.62 bits per heavy atom. The van der Waals surface area contributed by atoms with Gasteiger partial charge in [-0.15, -0.1) is 11.3 Å². The van der Waals surface area contributed by atoms with Gasteiger partial charge in [-0.05, 0) is 40.2 Å². The van der Waals surface area contributed by atoms with Crippen molar-refractivity contribution in [2.75, 3.05) is 6.54 Å². The second kappa shape index (κ2) is 7.21. The zero-order chi connectivity index (χ0) is 16.0. The van der Waals surface area contributed by atoms with Crippen LogP contribution in [0.25, 0.3) is 6.08 Å². The molecule has 0 atom stereocenters. The summed E-state index contributed by atoms with van der Waals surface area (Å²) >= 11 is 1.13. The number of aryl methyl sites for hydroxylation is 1. The summed E-state index contributed by atoms with van der Waals surface area (Å²) in [5.74, 6) is -0.962. The maximum Gasteiger partial charge on any atom is 0.407 e. The average molecular weight is 312 g/mol. The summed E-state index contributed by atoms with van der Waals surface area (Å²) in [5, 5.41) is 12.2. The number of aromatic nitrogens is 1. The molecule has 6 nitrogen and oxygen atoms in total. The Morgan fingerprint density at radius 1 is 1.43 bits per heavy atom. The first kappa shape index (κ1) is 17.2. The molecule has 7 heteroatoms. The molecule has 0 saturated heterocycles. The van der Waals surface area contributed by atoms with Crippen molar-refractivity contribution >= 4 is 29.5 Å². The zero-order valence-corrected chi connectivity index (χ0v) is 13.4. The van der Waals surface area contributed by atoms with Crippen LogP contribution in [0.15, 0.2) is 6.08 Å². The number of hydrogen-bond donors (Lipinski definition) is 2. The first-order valence-corrected chi connectivity index (χ1v) is 7.35. The van der Waals surface area contributed by atoms with Crippen LogP contribution in [0.1, 0.15) is 47.6 Å². The highest BCUT2D eigenvalue weighted by atomic mass is 32.1. The van der Waals surface area contributed by atoms with Gasteiger partial charge in [-0.3, -0.25) is 0 Å². The lowest BCUT2D eigenvalue weighted by atomic mass is 10.2. The van der Waals surface area contributed by atoms with Gasteiger partial charge in [-0.1, -0.05) is 6.08 Å². The standard InChI is InChI=1S/C14H20N2O4S/c1-9-11(12(17)18)21-10(16-9)7-5-6-8-15-13(19)20-14(2,3)4/h5,7H,6,8H2,1-4H3,(H,15,19)(H,17,18). The first-order chi connectivity index (χ1) is 9.69. The van der Waals surface area contributed by atoms with Gasteiger partial charge in [0.15, 0.2) is 0 Å². The van der Waals surface area contributed by atoms with Crippen LogP contribution in [0.4, 0.5) is 4.79 Å². The molecular weight excluding hydrogens is 292 g/mol. The summed E-state index contributed by atoms with van der Waals surface area (Å²) in [4.78, 5) is 26.7. The first-order valence-electron chi connectivity index (χ1n) is 6.53. The minimum absolute atomic E-state index is 0.251. The van der Waals surface area contributed by atoms with Crippen LogP contribution in [-0.4, -0.2) is 34.3 Å². The van der Waals surface area contributed by atoms with Crippen molar-refractivity contribution < 1.29 is 19.4 Å². The van der Waals surface area contributed by atoms with Gasteiger partial charge in [-0.25, -0.2) is 14.6 Å². The summed E-state index contributed by atoms with van der Waals surface area (Å²) in [6.45, 7) is 7.52. The highest BCUT2D eigenvalue weighted by Gasteiger charge is 2.15. The second-order valence-corrected chi connectivity index (χ2v) is 6.42. The van der Waals surface area contributed by atoms with E-state index in [4.69, 9.17) is 9.84 Å². The van der Waals surface area contributed by atoms with E-state index in [2.05, 4.69) is 10.3 Å². The Morgan fingerprint density at radius 2 is 2.10 bits per heavy atom. The molecule has 21 heavy (non-hydrogen) atoms. The van der Waals surface area contributed by atoms with Crippen molar-refractivity contribution in [2.24, 2.45) is 0 Å². The fraction of sp³-hybridized carbons (Fsp3) is 0.500. The topological polar surface area (TPSA) is 88.5 Å². The Bertz CT molecular complexity index is 544. The molecule has 116 valence electrons. The predicted octanol–water partition coefficient (Wildman–Crippen LogP) is 3.08. The largest absolute Gasteiger partial charge is 0.477 e. The molecule has 0 aliphatic carbocycles. The lowest BCUT2D eigenvalue weighted by molar-refractivity contribution is 0.0528. The van der Waals surface area contributed by atoms with E-state index in [9.17, 15) is 9.59 Å². The second-order valence-electron chi connectivity index (χ2n) is 5.39. The lowest BCUT2D eigenvalue weighted by Crippen LogP contribution is -2.32. The van der Waals surface area contributed by atoms with E-state index in [1.807, 2.05) is 6.08 Å². The molecule has 0 aromatic carbocycles. The zero-order valence-electron chi connectivity index (χ0n) is 12.6. The van der Waals surface area contributed by atoms with Crippen LogP contribution in [0.2, 0.25) is 0 Å². The minimum atomic E-state index is -0.962. The Kier molecular flexibility index (Phi) is 5.90. The predicted molar refractivity (Wildman–Crippen MR) is 81.7 cm³/mol. The molecule has 0 saturated carbocycles. The van der Waals surface area contributed by atoms with Crippen LogP contribution in [0.3, 0.4) is 0 Å². The third-order valence-corrected chi connectivity index (χ3v) is 3.36. The molecule has 0 fully saturated rings. The van der Waals surface area contributed by atoms with Gasteiger partial charge in [0.1, 0.15) is 15.5 Å². The van der Waals surface area contributed by atoms with Crippen molar-refractivity contribution in [2.45, 2.75) is 39.7 Å². The molecule has 0 unspecified atom stereocenters. The molecule has 1 amide bonds. The minimum Gasteiger partial charge on any atom is -0.477 e. The number of carboxylic acids is 1. The number of aromatic carboxylic acids is 1. The summed E-state index contributed by atoms with van der Waals surface area (Å²) < 4.78 is 5.10. The molecule has 0 aliphatic heterocycles. The van der Waals surface area contributed by atoms with Crippen molar-refractivity contribution in [1.82, 2.24) is 10.3 Å². The van der Waals surface area contributed by atoms with E-state index >= 15 is 0 Å². The average Bonchev–Trinajstić information content (AvgIpc) is 2.68. The maximum atomic E-state index is 11.4. The molecule has 0 aliphatic rings. The van der Waals surface area contributed by atoms with Gasteiger partial charge in [0.25, 0.3) is 0 Å². The van der Waals surface area contributed by atoms with Crippen molar-refractivity contribution in [1.29, 1.82) is 0 Å². The van der Waals surface area contributed by atoms with Gasteiger partial charge in [-0.2, -0.15) is 0 Å². The van der Waals surface area contributed by atoms with Crippen LogP contribution in [-0.2, 0) is 4.74 Å². The highest BCUT2D eigenvalue weighted by molar-refractivity contribution is 7.14. The SMILES string of the molecule is Cc1nc(C=CCCNC(=O)OC(C)(C)C)sc1C(=O)O. The number of ether oxygens (including phenoxy) is 1. The van der Waals surface area contributed by atoms with Crippen molar-refractivity contribution in [3.8, 4) is 0 Å². The van der Waals surface area contributed by atoms with E-state index in [0.29, 0.717) is 23.7 Å². The molecule has 2 N–H and O–H groups in total. The monoisotopic (exact) mass is 312 g/mol. The van der Waals surface area contributed by atoms with Crippen molar-refractivity contribution in [3.63, 3.8) is 0 Å². The number of carbonyl (C=O) groups excluding carboxylic acids is 1. The number of amides is 1. The van der Waals surface area contributed by atoms with Gasteiger partial charge in [0.2, 0.25) is 0 Å². The Labute approximate surface area is 127 Å². The van der Waals surface area contributed by atoms with Crippen LogP contribution >= 0.6 is 11.3 Å². The molecular formula is C14H20N2O4S. The van der Waals surface area contributed by atoms with E-state index < -0.39 is 17.7 Å². The number of thiazole rings is 1. The number of nitrogens with one attached hydrogen (secondary N) is 1. The molecule has 0 spiro atoms. The normalized spacial score (nSPS) is 11.6. The number of carboxylic acid groups (broad SMARTS) is 1. The smallest absolute Gasteiger partial charge is 0.407 e. The summed E-state index contributed by atoms with van der Waals surface area (Å²) in [7, 11) is 0. The number of rotatable bonds is 5. The van der Waals surface area contributed by atoms with E-state index in [1.54, 1.807) is 33.8 Å². The van der Waals surface area contributed by atoms with Gasteiger partial charge in [0, 0.05) is 6.54 Å². The summed E-state index contributed by atoms with van der Waals surface area (Å²) in [6, 6.07) is 0. The van der Waals surface area contributed by atoms with Gasteiger partial charge < -0.3 is 15.2 Å². The van der Waals surface area contributed by atoms with Gasteiger partial charge >= 0.3 is 12.1 Å². The molecule has 0 radical (unpaired) electrons. The molecule has 1 heterocycles. The van der Waals surface area contributed by atoms with Gasteiger partial charge in [0.05, 0.1) is 5.69 Å². The number of carbonyl (C=O) groups is 2. The lowest BCUT2D eigenvalue weighted by Gasteiger charge is -2.19. The summed E-state index contributed by atoms with van der Waals surface area (Å²) in [6.07, 6.45) is 3.75. The van der Waals surface area contributed by atoms with Crippen molar-refractivity contribution in [3.05, 3.63) is 21.7 Å². The van der Waals surface area contributed by atoms with Crippen LogP contribution in [0, 0.1) is 6.92 Å². The maximum absolute atomic E-state index is 11.4. The third-order valence-electron chi connectivity index (χ3n) is 2.25.